The van der Waals surface area contributed by atoms with Crippen LogP contribution in [0.1, 0.15) is 41.9 Å². The first-order chi connectivity index (χ1) is 11.6. The molecule has 1 fully saturated rings. The van der Waals surface area contributed by atoms with Gasteiger partial charge in [-0.1, -0.05) is 11.2 Å². The molecule has 0 saturated carbocycles. The summed E-state index contributed by atoms with van der Waals surface area (Å²) in [5, 5.41) is 4.05. The Balaban J connectivity index is 1.64. The van der Waals surface area contributed by atoms with Crippen molar-refractivity contribution in [3.63, 3.8) is 0 Å². The third kappa shape index (κ3) is 2.71. The third-order valence-electron chi connectivity index (χ3n) is 4.43. The van der Waals surface area contributed by atoms with Gasteiger partial charge >= 0.3 is 0 Å². The highest BCUT2D eigenvalue weighted by molar-refractivity contribution is 5.39. The van der Waals surface area contributed by atoms with E-state index in [2.05, 4.69) is 20.0 Å². The second-order valence-corrected chi connectivity index (χ2v) is 6.32. The van der Waals surface area contributed by atoms with E-state index >= 15 is 0 Å². The molecule has 3 aromatic rings. The zero-order valence-corrected chi connectivity index (χ0v) is 13.8. The standard InChI is InChI=1S/C17H19N5O2/c1-11-5-6-15-19-13(8-16(23)22(15)9-11)10-21-7-3-4-14(21)17-18-12(2)24-20-17/h5-6,8-9,14H,3-4,7,10H2,1-2H3/t14-/m0/s1. The topological polar surface area (TPSA) is 76.5 Å². The van der Waals surface area contributed by atoms with E-state index in [4.69, 9.17) is 4.52 Å². The van der Waals surface area contributed by atoms with E-state index < -0.39 is 0 Å². The zero-order chi connectivity index (χ0) is 16.7. The fraction of sp³-hybridized carbons (Fsp3) is 0.412. The van der Waals surface area contributed by atoms with Crippen molar-refractivity contribution in [2.75, 3.05) is 6.54 Å². The van der Waals surface area contributed by atoms with Crippen molar-refractivity contribution in [2.45, 2.75) is 39.3 Å². The predicted molar refractivity (Wildman–Crippen MR) is 87.6 cm³/mol. The first-order valence-electron chi connectivity index (χ1n) is 8.13. The Morgan fingerprint density at radius 3 is 2.96 bits per heavy atom. The van der Waals surface area contributed by atoms with Crippen LogP contribution in [-0.4, -0.2) is 31.0 Å². The maximum atomic E-state index is 12.3. The van der Waals surface area contributed by atoms with Crippen LogP contribution in [0.5, 0.6) is 0 Å². The maximum Gasteiger partial charge on any atom is 0.258 e. The average molecular weight is 325 g/mol. The summed E-state index contributed by atoms with van der Waals surface area (Å²) in [6.07, 6.45) is 3.88. The molecule has 1 atom stereocenters. The normalized spacial score (nSPS) is 18.5. The number of likely N-dealkylation sites (tertiary alicyclic amines) is 1. The van der Waals surface area contributed by atoms with Gasteiger partial charge in [0, 0.05) is 25.7 Å². The molecule has 0 aromatic carbocycles. The molecule has 0 aliphatic carbocycles. The summed E-state index contributed by atoms with van der Waals surface area (Å²) in [6.45, 7) is 5.30. The summed E-state index contributed by atoms with van der Waals surface area (Å²) >= 11 is 0. The molecule has 124 valence electrons. The second-order valence-electron chi connectivity index (χ2n) is 6.32. The average Bonchev–Trinajstić information content (AvgIpc) is 3.17. The smallest absolute Gasteiger partial charge is 0.258 e. The Hall–Kier alpha value is -2.54. The van der Waals surface area contributed by atoms with Crippen LogP contribution >= 0.6 is 0 Å². The molecular formula is C17H19N5O2. The molecule has 1 aliphatic heterocycles. The molecule has 24 heavy (non-hydrogen) atoms. The monoisotopic (exact) mass is 325 g/mol. The van der Waals surface area contributed by atoms with Crippen molar-refractivity contribution in [1.82, 2.24) is 24.4 Å². The molecule has 0 bridgehead atoms. The van der Waals surface area contributed by atoms with Gasteiger partial charge in [0.1, 0.15) is 5.65 Å². The molecule has 7 heteroatoms. The Kier molecular flexibility index (Phi) is 3.65. The number of hydrogen-bond donors (Lipinski definition) is 0. The fourth-order valence-corrected chi connectivity index (χ4v) is 3.31. The van der Waals surface area contributed by atoms with Gasteiger partial charge in [0.2, 0.25) is 5.89 Å². The molecule has 0 unspecified atom stereocenters. The van der Waals surface area contributed by atoms with E-state index in [-0.39, 0.29) is 11.6 Å². The van der Waals surface area contributed by atoms with E-state index in [0.29, 0.717) is 18.1 Å². The molecule has 0 radical (unpaired) electrons. The lowest BCUT2D eigenvalue weighted by Crippen LogP contribution is -2.26. The van der Waals surface area contributed by atoms with Crippen LogP contribution in [-0.2, 0) is 6.54 Å². The zero-order valence-electron chi connectivity index (χ0n) is 13.8. The highest BCUT2D eigenvalue weighted by Gasteiger charge is 2.30. The van der Waals surface area contributed by atoms with Gasteiger partial charge in [-0.2, -0.15) is 4.98 Å². The first-order valence-corrected chi connectivity index (χ1v) is 8.13. The number of aryl methyl sites for hydroxylation is 2. The Labute approximate surface area is 138 Å². The Morgan fingerprint density at radius 2 is 2.17 bits per heavy atom. The summed E-state index contributed by atoms with van der Waals surface area (Å²) in [5.41, 5.74) is 2.43. The van der Waals surface area contributed by atoms with Crippen LogP contribution in [0, 0.1) is 13.8 Å². The van der Waals surface area contributed by atoms with E-state index in [9.17, 15) is 4.79 Å². The minimum atomic E-state index is -0.0511. The van der Waals surface area contributed by atoms with Crippen molar-refractivity contribution >= 4 is 5.65 Å². The molecule has 4 rings (SSSR count). The highest BCUT2D eigenvalue weighted by atomic mass is 16.5. The summed E-state index contributed by atoms with van der Waals surface area (Å²) in [6, 6.07) is 5.58. The second kappa shape index (κ2) is 5.83. The third-order valence-corrected chi connectivity index (χ3v) is 4.43. The van der Waals surface area contributed by atoms with Crippen LogP contribution < -0.4 is 5.56 Å². The Bertz CT molecular complexity index is 946. The lowest BCUT2D eigenvalue weighted by atomic mass is 10.2. The van der Waals surface area contributed by atoms with Crippen molar-refractivity contribution < 1.29 is 4.52 Å². The number of fused-ring (bicyclic) bond motifs is 1. The van der Waals surface area contributed by atoms with Gasteiger partial charge in [-0.15, -0.1) is 0 Å². The summed E-state index contributed by atoms with van der Waals surface area (Å²) in [5.74, 6) is 1.30. The molecule has 0 N–H and O–H groups in total. The SMILES string of the molecule is Cc1ccc2nc(CN3CCC[C@H]3c3noc(C)n3)cc(=O)n2c1. The number of aromatic nitrogens is 4. The largest absolute Gasteiger partial charge is 0.340 e. The first kappa shape index (κ1) is 15.0. The van der Waals surface area contributed by atoms with Gasteiger partial charge in [0.15, 0.2) is 5.82 Å². The van der Waals surface area contributed by atoms with Crippen molar-refractivity contribution in [2.24, 2.45) is 0 Å². The van der Waals surface area contributed by atoms with Gasteiger partial charge in [0.25, 0.3) is 5.56 Å². The highest BCUT2D eigenvalue weighted by Crippen LogP contribution is 2.31. The van der Waals surface area contributed by atoms with Gasteiger partial charge in [-0.05, 0) is 37.9 Å². The summed E-state index contributed by atoms with van der Waals surface area (Å²) < 4.78 is 6.69. The number of hydrogen-bond acceptors (Lipinski definition) is 6. The molecule has 0 spiro atoms. The lowest BCUT2D eigenvalue weighted by Gasteiger charge is -2.21. The van der Waals surface area contributed by atoms with E-state index in [0.717, 1.165) is 36.5 Å². The van der Waals surface area contributed by atoms with Crippen LogP contribution in [0.15, 0.2) is 33.7 Å². The minimum Gasteiger partial charge on any atom is -0.340 e. The molecule has 4 heterocycles. The molecule has 0 amide bonds. The number of nitrogens with zero attached hydrogens (tertiary/aromatic N) is 5. The van der Waals surface area contributed by atoms with Crippen LogP contribution in [0.4, 0.5) is 0 Å². The van der Waals surface area contributed by atoms with E-state index in [1.165, 1.54) is 0 Å². The number of pyridine rings is 1. The predicted octanol–water partition coefficient (Wildman–Crippen LogP) is 2.03. The Morgan fingerprint density at radius 1 is 1.29 bits per heavy atom. The van der Waals surface area contributed by atoms with E-state index in [1.807, 2.05) is 25.3 Å². The molecule has 1 aliphatic rings. The summed E-state index contributed by atoms with van der Waals surface area (Å²) in [4.78, 5) is 23.6. The van der Waals surface area contributed by atoms with Crippen molar-refractivity contribution in [3.05, 3.63) is 57.7 Å². The minimum absolute atomic E-state index is 0.0511. The molecular weight excluding hydrogens is 306 g/mol. The maximum absolute atomic E-state index is 12.3. The van der Waals surface area contributed by atoms with Crippen LogP contribution in [0.25, 0.3) is 5.65 Å². The van der Waals surface area contributed by atoms with Gasteiger partial charge in [-0.25, -0.2) is 4.98 Å². The van der Waals surface area contributed by atoms with Crippen molar-refractivity contribution in [1.29, 1.82) is 0 Å². The summed E-state index contributed by atoms with van der Waals surface area (Å²) in [7, 11) is 0. The van der Waals surface area contributed by atoms with Gasteiger partial charge in [-0.3, -0.25) is 14.1 Å². The fourth-order valence-electron chi connectivity index (χ4n) is 3.31. The van der Waals surface area contributed by atoms with Crippen LogP contribution in [0.2, 0.25) is 0 Å². The molecule has 1 saturated heterocycles. The lowest BCUT2D eigenvalue weighted by molar-refractivity contribution is 0.231. The molecule has 3 aromatic heterocycles. The van der Waals surface area contributed by atoms with Crippen LogP contribution in [0.3, 0.4) is 0 Å². The molecule has 7 nitrogen and oxygen atoms in total. The van der Waals surface area contributed by atoms with Crippen molar-refractivity contribution in [3.8, 4) is 0 Å². The van der Waals surface area contributed by atoms with E-state index in [1.54, 1.807) is 17.4 Å². The van der Waals surface area contributed by atoms with Gasteiger partial charge < -0.3 is 4.52 Å². The quantitative estimate of drug-likeness (QED) is 0.733. The van der Waals surface area contributed by atoms with Gasteiger partial charge in [0.05, 0.1) is 11.7 Å². The number of rotatable bonds is 3.